The van der Waals surface area contributed by atoms with Crippen LogP contribution in [-0.2, 0) is 17.7 Å². The Bertz CT molecular complexity index is 1420. The topological polar surface area (TPSA) is 134 Å². The lowest BCUT2D eigenvalue weighted by atomic mass is 10.0. The number of methoxy groups -OCH3 is 1. The first-order chi connectivity index (χ1) is 17.3. The summed E-state index contributed by atoms with van der Waals surface area (Å²) in [5.41, 5.74) is 3.11. The molecule has 182 valence electrons. The van der Waals surface area contributed by atoms with Gasteiger partial charge in [0, 0.05) is 12.6 Å². The summed E-state index contributed by atoms with van der Waals surface area (Å²) in [6.07, 6.45) is 1.28. The first-order valence-electron chi connectivity index (χ1n) is 11.1. The Morgan fingerprint density at radius 2 is 1.86 bits per heavy atom. The number of nitriles is 1. The number of nitrogens with one attached hydrogen (secondary N) is 2. The molecule has 0 bridgehead atoms. The Labute approximate surface area is 206 Å². The number of benzene rings is 2. The van der Waals surface area contributed by atoms with Gasteiger partial charge < -0.3 is 15.4 Å². The molecule has 2 aromatic carbocycles. The molecule has 1 atom stereocenters. The predicted molar refractivity (Wildman–Crippen MR) is 125 cm³/mol. The van der Waals surface area contributed by atoms with E-state index in [-0.39, 0.29) is 35.6 Å². The van der Waals surface area contributed by atoms with Crippen molar-refractivity contribution in [3.05, 3.63) is 93.3 Å². The highest BCUT2D eigenvalue weighted by Crippen LogP contribution is 2.32. The van der Waals surface area contributed by atoms with Crippen LogP contribution in [0.15, 0.2) is 42.5 Å². The number of amides is 2. The minimum atomic E-state index is -0.605. The molecule has 0 fully saturated rings. The van der Waals surface area contributed by atoms with Gasteiger partial charge in [-0.05, 0) is 60.2 Å². The van der Waals surface area contributed by atoms with Crippen LogP contribution in [0.4, 0.5) is 4.39 Å². The average Bonchev–Trinajstić information content (AvgIpc) is 3.30. The molecule has 4 rings (SSSR count). The smallest absolute Gasteiger partial charge is 0.337 e. The number of hydrogen-bond acceptors (Lipinski definition) is 7. The van der Waals surface area contributed by atoms with Gasteiger partial charge in [-0.2, -0.15) is 5.26 Å². The van der Waals surface area contributed by atoms with Gasteiger partial charge in [-0.3, -0.25) is 9.59 Å². The van der Waals surface area contributed by atoms with Crippen molar-refractivity contribution >= 4 is 17.8 Å². The van der Waals surface area contributed by atoms with Gasteiger partial charge in [0.05, 0.1) is 18.7 Å². The number of halogens is 1. The highest BCUT2D eigenvalue weighted by Gasteiger charge is 2.26. The Morgan fingerprint density at radius 3 is 2.56 bits per heavy atom. The number of aryl methyl sites for hydroxylation is 2. The lowest BCUT2D eigenvalue weighted by molar-refractivity contribution is 0.0600. The van der Waals surface area contributed by atoms with Crippen LogP contribution < -0.4 is 10.6 Å². The van der Waals surface area contributed by atoms with Crippen LogP contribution >= 0.6 is 0 Å². The highest BCUT2D eigenvalue weighted by atomic mass is 19.1. The zero-order valence-corrected chi connectivity index (χ0v) is 19.6. The molecule has 1 aliphatic carbocycles. The molecule has 1 aliphatic rings. The second-order valence-corrected chi connectivity index (χ2v) is 8.31. The molecule has 0 radical (unpaired) electrons. The quantitative estimate of drug-likeness (QED) is 0.511. The number of rotatable bonds is 6. The minimum absolute atomic E-state index is 0.111. The van der Waals surface area contributed by atoms with Crippen molar-refractivity contribution in [1.82, 2.24) is 20.6 Å². The number of fused-ring (bicyclic) bond motifs is 1. The number of carbonyl (C=O) groups is 3. The molecule has 0 spiro atoms. The summed E-state index contributed by atoms with van der Waals surface area (Å²) in [5, 5.41) is 14.8. The van der Waals surface area contributed by atoms with Gasteiger partial charge in [-0.15, -0.1) is 0 Å². The molecular formula is C26H22FN5O4. The van der Waals surface area contributed by atoms with Crippen molar-refractivity contribution in [3.8, 4) is 6.07 Å². The molecule has 0 aliphatic heterocycles. The molecule has 36 heavy (non-hydrogen) atoms. The molecule has 2 amide bonds. The molecule has 2 N–H and O–H groups in total. The van der Waals surface area contributed by atoms with Crippen molar-refractivity contribution < 1.29 is 23.5 Å². The van der Waals surface area contributed by atoms with Crippen molar-refractivity contribution in [2.75, 3.05) is 7.11 Å². The van der Waals surface area contributed by atoms with E-state index in [9.17, 15) is 24.0 Å². The number of hydrogen-bond donors (Lipinski definition) is 2. The van der Waals surface area contributed by atoms with E-state index in [1.165, 1.54) is 19.2 Å². The van der Waals surface area contributed by atoms with E-state index in [4.69, 9.17) is 4.74 Å². The normalized spacial score (nSPS) is 13.9. The summed E-state index contributed by atoms with van der Waals surface area (Å²) in [6, 6.07) is 12.3. The maximum Gasteiger partial charge on any atom is 0.337 e. The monoisotopic (exact) mass is 487 g/mol. The lowest BCUT2D eigenvalue weighted by Gasteiger charge is -2.14. The second-order valence-electron chi connectivity index (χ2n) is 8.31. The minimum Gasteiger partial charge on any atom is -0.465 e. The number of esters is 1. The molecule has 10 heteroatoms. The maximum atomic E-state index is 13.5. The van der Waals surface area contributed by atoms with Gasteiger partial charge in [0.2, 0.25) is 5.82 Å². The van der Waals surface area contributed by atoms with Crippen molar-refractivity contribution in [2.45, 2.75) is 32.4 Å². The summed E-state index contributed by atoms with van der Waals surface area (Å²) in [6.45, 7) is 1.73. The van der Waals surface area contributed by atoms with Crippen molar-refractivity contribution in [2.24, 2.45) is 0 Å². The third-order valence-electron chi connectivity index (χ3n) is 5.91. The van der Waals surface area contributed by atoms with E-state index in [1.54, 1.807) is 43.3 Å². The van der Waals surface area contributed by atoms with E-state index in [2.05, 4.69) is 20.6 Å². The summed E-state index contributed by atoms with van der Waals surface area (Å²) in [7, 11) is 1.31. The third-order valence-corrected chi connectivity index (χ3v) is 5.91. The van der Waals surface area contributed by atoms with Crippen LogP contribution in [0.2, 0.25) is 0 Å². The van der Waals surface area contributed by atoms with Crippen LogP contribution in [0.3, 0.4) is 0 Å². The number of aromatic nitrogens is 2. The Kier molecular flexibility index (Phi) is 7.01. The summed E-state index contributed by atoms with van der Waals surface area (Å²) in [4.78, 5) is 45.3. The molecule has 0 saturated carbocycles. The summed E-state index contributed by atoms with van der Waals surface area (Å²) >= 11 is 0. The van der Waals surface area contributed by atoms with Crippen LogP contribution in [0.1, 0.15) is 71.9 Å². The van der Waals surface area contributed by atoms with Crippen LogP contribution in [0.5, 0.6) is 0 Å². The van der Waals surface area contributed by atoms with Crippen molar-refractivity contribution in [3.63, 3.8) is 0 Å². The Hall–Kier alpha value is -4.65. The van der Waals surface area contributed by atoms with E-state index in [0.717, 1.165) is 11.1 Å². The molecule has 0 unspecified atom stereocenters. The molecular weight excluding hydrogens is 465 g/mol. The maximum absolute atomic E-state index is 13.5. The fourth-order valence-corrected chi connectivity index (χ4v) is 4.06. The number of nitrogens with zero attached hydrogens (tertiary/aromatic N) is 3. The first kappa shape index (κ1) is 24.5. The van der Waals surface area contributed by atoms with E-state index >= 15 is 0 Å². The predicted octanol–water partition coefficient (Wildman–Crippen LogP) is 2.93. The SMILES string of the molecule is COC(=O)c1ccc2c(c1)CC[C@@H]2NC(=O)c1cc(C(=O)NCc2ccc(F)c(C)c2)nc(C#N)n1. The van der Waals surface area contributed by atoms with Gasteiger partial charge in [0.1, 0.15) is 23.3 Å². The molecule has 1 heterocycles. The van der Waals surface area contributed by atoms with Crippen LogP contribution in [0, 0.1) is 24.1 Å². The second kappa shape index (κ2) is 10.3. The van der Waals surface area contributed by atoms with E-state index in [1.807, 2.05) is 0 Å². The van der Waals surface area contributed by atoms with Gasteiger partial charge >= 0.3 is 5.97 Å². The van der Waals surface area contributed by atoms with E-state index in [0.29, 0.717) is 29.5 Å². The Morgan fingerprint density at radius 1 is 1.11 bits per heavy atom. The number of carbonyl (C=O) groups excluding carboxylic acids is 3. The molecule has 3 aromatic rings. The number of ether oxygens (including phenoxy) is 1. The zero-order valence-electron chi connectivity index (χ0n) is 19.6. The van der Waals surface area contributed by atoms with Gasteiger partial charge in [0.25, 0.3) is 11.8 Å². The summed E-state index contributed by atoms with van der Waals surface area (Å²) < 4.78 is 18.2. The summed E-state index contributed by atoms with van der Waals surface area (Å²) in [5.74, 6) is -2.27. The molecule has 0 saturated heterocycles. The van der Waals surface area contributed by atoms with E-state index < -0.39 is 17.8 Å². The van der Waals surface area contributed by atoms with Crippen molar-refractivity contribution in [1.29, 1.82) is 5.26 Å². The fraction of sp³-hybridized carbons (Fsp3) is 0.231. The zero-order chi connectivity index (χ0) is 25.8. The average molecular weight is 487 g/mol. The fourth-order valence-electron chi connectivity index (χ4n) is 4.06. The Balaban J connectivity index is 1.48. The first-order valence-corrected chi connectivity index (χ1v) is 11.1. The van der Waals surface area contributed by atoms with Gasteiger partial charge in [0.15, 0.2) is 0 Å². The standard InChI is InChI=1S/C26H22FN5O4/c1-14-9-15(3-7-19(14)27)13-29-24(33)21-11-22(31-23(12-28)30-21)25(34)32-20-8-5-16-10-17(26(35)36-2)4-6-18(16)20/h3-4,6-7,9-11,20H,5,8,13H2,1-2H3,(H,29,33)(H,32,34)/t20-/m0/s1. The largest absolute Gasteiger partial charge is 0.465 e. The third kappa shape index (κ3) is 5.20. The van der Waals surface area contributed by atoms with Gasteiger partial charge in [-0.1, -0.05) is 18.2 Å². The molecule has 1 aromatic heterocycles. The highest BCUT2D eigenvalue weighted by molar-refractivity contribution is 5.97. The molecule has 9 nitrogen and oxygen atoms in total. The van der Waals surface area contributed by atoms with Crippen LogP contribution in [-0.4, -0.2) is 34.9 Å². The van der Waals surface area contributed by atoms with Crippen LogP contribution in [0.25, 0.3) is 0 Å². The lowest BCUT2D eigenvalue weighted by Crippen LogP contribution is -2.30. The van der Waals surface area contributed by atoms with Gasteiger partial charge in [-0.25, -0.2) is 19.2 Å².